The molecule has 1 aliphatic rings. The van der Waals surface area contributed by atoms with Gasteiger partial charge >= 0.3 is 0 Å². The molecule has 0 radical (unpaired) electrons. The van der Waals surface area contributed by atoms with E-state index < -0.39 is 0 Å². The highest BCUT2D eigenvalue weighted by Gasteiger charge is 2.17. The van der Waals surface area contributed by atoms with Gasteiger partial charge in [-0.25, -0.2) is 0 Å². The number of carbonyl (C=O) groups is 1. The molecule has 5 nitrogen and oxygen atoms in total. The average Bonchev–Trinajstić information content (AvgIpc) is 2.56. The number of ether oxygens (including phenoxy) is 1. The van der Waals surface area contributed by atoms with Crippen LogP contribution in [0.15, 0.2) is 36.0 Å². The number of methoxy groups -OCH3 is 1. The van der Waals surface area contributed by atoms with Crippen molar-refractivity contribution < 1.29 is 9.53 Å². The Labute approximate surface area is 131 Å². The molecule has 0 unspecified atom stereocenters. The van der Waals surface area contributed by atoms with Crippen LogP contribution in [-0.2, 0) is 4.79 Å². The maximum Gasteiger partial charge on any atom is 0.263 e. The molecule has 1 fully saturated rings. The molecule has 0 aromatic heterocycles. The number of anilines is 1. The highest BCUT2D eigenvalue weighted by atomic mass is 16.5. The summed E-state index contributed by atoms with van der Waals surface area (Å²) >= 11 is 0. The molecule has 5 heteroatoms. The van der Waals surface area contributed by atoms with Crippen LogP contribution in [0.25, 0.3) is 0 Å². The number of amides is 1. The fourth-order valence-electron chi connectivity index (χ4n) is 2.53. The molecule has 2 rings (SSSR count). The van der Waals surface area contributed by atoms with Crippen molar-refractivity contribution in [2.24, 2.45) is 0 Å². The lowest BCUT2D eigenvalue weighted by atomic mass is 9.95. The highest BCUT2D eigenvalue weighted by Crippen LogP contribution is 2.18. The first-order chi connectivity index (χ1) is 10.7. The number of benzene rings is 1. The number of nitrogens with one attached hydrogen (secondary N) is 2. The van der Waals surface area contributed by atoms with Crippen LogP contribution in [0.1, 0.15) is 32.1 Å². The standard InChI is InChI=1S/C17H21N3O2/c1-22-16-9-5-8-15(10-16)19-12-13(11-18)17(21)20-14-6-3-2-4-7-14/h5,8-10,12,14,19H,2-4,6-7H2,1H3,(H,20,21)/b13-12-. The summed E-state index contributed by atoms with van der Waals surface area (Å²) in [7, 11) is 1.59. The molecular formula is C17H21N3O2. The van der Waals surface area contributed by atoms with E-state index in [1.165, 1.54) is 12.6 Å². The molecule has 1 aromatic rings. The van der Waals surface area contributed by atoms with E-state index in [0.717, 1.165) is 31.4 Å². The van der Waals surface area contributed by atoms with Gasteiger partial charge in [0.2, 0.25) is 0 Å². The Bertz CT molecular complexity index is 584. The van der Waals surface area contributed by atoms with E-state index in [4.69, 9.17) is 10.00 Å². The SMILES string of the molecule is COc1cccc(N/C=C(/C#N)C(=O)NC2CCCCC2)c1. The first-order valence-corrected chi connectivity index (χ1v) is 7.54. The van der Waals surface area contributed by atoms with Gasteiger partial charge < -0.3 is 15.4 Å². The number of rotatable bonds is 5. The van der Waals surface area contributed by atoms with Crippen LogP contribution in [0.4, 0.5) is 5.69 Å². The predicted octanol–water partition coefficient (Wildman–Crippen LogP) is 2.96. The summed E-state index contributed by atoms with van der Waals surface area (Å²) in [6.07, 6.45) is 6.93. The Morgan fingerprint density at radius 1 is 1.36 bits per heavy atom. The first kappa shape index (κ1) is 15.9. The normalized spacial score (nSPS) is 15.7. The van der Waals surface area contributed by atoms with Crippen molar-refractivity contribution in [2.75, 3.05) is 12.4 Å². The summed E-state index contributed by atoms with van der Waals surface area (Å²) in [6.45, 7) is 0. The van der Waals surface area contributed by atoms with E-state index in [2.05, 4.69) is 10.6 Å². The maximum absolute atomic E-state index is 12.1. The zero-order chi connectivity index (χ0) is 15.8. The molecular weight excluding hydrogens is 278 g/mol. The van der Waals surface area contributed by atoms with Gasteiger partial charge in [-0.05, 0) is 25.0 Å². The molecule has 1 aromatic carbocycles. The fraction of sp³-hybridized carbons (Fsp3) is 0.412. The smallest absolute Gasteiger partial charge is 0.263 e. The van der Waals surface area contributed by atoms with Crippen LogP contribution in [0.3, 0.4) is 0 Å². The highest BCUT2D eigenvalue weighted by molar-refractivity contribution is 5.97. The van der Waals surface area contributed by atoms with Crippen molar-refractivity contribution in [1.82, 2.24) is 5.32 Å². The largest absolute Gasteiger partial charge is 0.497 e. The minimum absolute atomic E-state index is 0.0772. The molecule has 0 atom stereocenters. The van der Waals surface area contributed by atoms with Gasteiger partial charge in [0.15, 0.2) is 0 Å². The summed E-state index contributed by atoms with van der Waals surface area (Å²) in [5.74, 6) is 0.397. The molecule has 0 aliphatic heterocycles. The third-order valence-corrected chi connectivity index (χ3v) is 3.76. The molecule has 116 valence electrons. The monoisotopic (exact) mass is 299 g/mol. The Morgan fingerprint density at radius 2 is 2.14 bits per heavy atom. The van der Waals surface area contributed by atoms with Crippen molar-refractivity contribution >= 4 is 11.6 Å². The summed E-state index contributed by atoms with van der Waals surface area (Å²) in [4.78, 5) is 12.1. The van der Waals surface area contributed by atoms with Crippen LogP contribution in [0.5, 0.6) is 5.75 Å². The van der Waals surface area contributed by atoms with Crippen molar-refractivity contribution in [3.63, 3.8) is 0 Å². The van der Waals surface area contributed by atoms with Gasteiger partial charge in [0.25, 0.3) is 5.91 Å². The van der Waals surface area contributed by atoms with Crippen molar-refractivity contribution in [2.45, 2.75) is 38.1 Å². The summed E-state index contributed by atoms with van der Waals surface area (Å²) in [5, 5.41) is 15.1. The maximum atomic E-state index is 12.1. The average molecular weight is 299 g/mol. The number of hydrogen-bond donors (Lipinski definition) is 2. The molecule has 2 N–H and O–H groups in total. The van der Waals surface area contributed by atoms with Gasteiger partial charge in [-0.2, -0.15) is 5.26 Å². The van der Waals surface area contributed by atoms with E-state index in [0.29, 0.717) is 5.75 Å². The zero-order valence-corrected chi connectivity index (χ0v) is 12.8. The summed E-state index contributed by atoms with van der Waals surface area (Å²) in [5.41, 5.74) is 0.839. The Hall–Kier alpha value is -2.48. The van der Waals surface area contributed by atoms with Gasteiger partial charge in [-0.3, -0.25) is 4.79 Å². The van der Waals surface area contributed by atoms with Crippen LogP contribution in [0.2, 0.25) is 0 Å². The second-order valence-corrected chi connectivity index (χ2v) is 5.35. The Balaban J connectivity index is 1.97. The molecule has 1 saturated carbocycles. The molecule has 1 amide bonds. The van der Waals surface area contributed by atoms with Gasteiger partial charge in [-0.1, -0.05) is 25.3 Å². The Kier molecular flexibility index (Phi) is 5.84. The molecule has 1 aliphatic carbocycles. The van der Waals surface area contributed by atoms with E-state index in [1.54, 1.807) is 13.2 Å². The van der Waals surface area contributed by atoms with E-state index >= 15 is 0 Å². The van der Waals surface area contributed by atoms with Gasteiger partial charge in [-0.15, -0.1) is 0 Å². The molecule has 0 spiro atoms. The fourth-order valence-corrected chi connectivity index (χ4v) is 2.53. The second kappa shape index (κ2) is 8.08. The molecule has 0 bridgehead atoms. The van der Waals surface area contributed by atoms with Crippen molar-refractivity contribution in [1.29, 1.82) is 5.26 Å². The number of nitrogens with zero attached hydrogens (tertiary/aromatic N) is 1. The summed E-state index contributed by atoms with van der Waals surface area (Å²) < 4.78 is 5.13. The number of carbonyl (C=O) groups excluding carboxylic acids is 1. The van der Waals surface area contributed by atoms with E-state index in [9.17, 15) is 4.79 Å². The van der Waals surface area contributed by atoms with Gasteiger partial charge in [0.05, 0.1) is 7.11 Å². The molecule has 0 saturated heterocycles. The Morgan fingerprint density at radius 3 is 2.82 bits per heavy atom. The molecule has 22 heavy (non-hydrogen) atoms. The van der Waals surface area contributed by atoms with Gasteiger partial charge in [0, 0.05) is 24.0 Å². The number of hydrogen-bond acceptors (Lipinski definition) is 4. The van der Waals surface area contributed by atoms with Crippen LogP contribution < -0.4 is 15.4 Å². The van der Waals surface area contributed by atoms with Crippen LogP contribution >= 0.6 is 0 Å². The van der Waals surface area contributed by atoms with Gasteiger partial charge in [0.1, 0.15) is 17.4 Å². The van der Waals surface area contributed by atoms with Crippen molar-refractivity contribution in [3.8, 4) is 11.8 Å². The predicted molar refractivity (Wildman–Crippen MR) is 85.3 cm³/mol. The summed E-state index contributed by atoms with van der Waals surface area (Å²) in [6, 6.07) is 9.44. The third kappa shape index (κ3) is 4.52. The molecule has 0 heterocycles. The topological polar surface area (TPSA) is 74.1 Å². The quantitative estimate of drug-likeness (QED) is 0.647. The lowest BCUT2D eigenvalue weighted by Gasteiger charge is -2.22. The van der Waals surface area contributed by atoms with Crippen molar-refractivity contribution in [3.05, 3.63) is 36.0 Å². The van der Waals surface area contributed by atoms with Crippen LogP contribution in [0, 0.1) is 11.3 Å². The second-order valence-electron chi connectivity index (χ2n) is 5.35. The lowest BCUT2D eigenvalue weighted by molar-refractivity contribution is -0.118. The van der Waals surface area contributed by atoms with Crippen LogP contribution in [-0.4, -0.2) is 19.1 Å². The van der Waals surface area contributed by atoms with E-state index in [-0.39, 0.29) is 17.5 Å². The van der Waals surface area contributed by atoms with E-state index in [1.807, 2.05) is 24.3 Å². The number of nitriles is 1. The zero-order valence-electron chi connectivity index (χ0n) is 12.8. The third-order valence-electron chi connectivity index (χ3n) is 3.76. The first-order valence-electron chi connectivity index (χ1n) is 7.54. The minimum Gasteiger partial charge on any atom is -0.497 e. The lowest BCUT2D eigenvalue weighted by Crippen LogP contribution is -2.37. The minimum atomic E-state index is -0.315.